The van der Waals surface area contributed by atoms with Gasteiger partial charge in [0.15, 0.2) is 11.6 Å². The highest BCUT2D eigenvalue weighted by Crippen LogP contribution is 2.21. The summed E-state index contributed by atoms with van der Waals surface area (Å²) in [6, 6.07) is 9.44. The summed E-state index contributed by atoms with van der Waals surface area (Å²) in [5, 5.41) is 9.68. The lowest BCUT2D eigenvalue weighted by Crippen LogP contribution is -2.03. The third-order valence-electron chi connectivity index (χ3n) is 2.48. The second-order valence-electron chi connectivity index (χ2n) is 3.81. The summed E-state index contributed by atoms with van der Waals surface area (Å²) in [5.41, 5.74) is 2.17. The van der Waals surface area contributed by atoms with Gasteiger partial charge >= 0.3 is 0 Å². The van der Waals surface area contributed by atoms with Crippen LogP contribution in [0.2, 0.25) is 5.02 Å². The number of hydrogen-bond donors (Lipinski definition) is 1. The van der Waals surface area contributed by atoms with Crippen LogP contribution >= 0.6 is 11.6 Å². The van der Waals surface area contributed by atoms with Gasteiger partial charge in [0.05, 0.1) is 0 Å². The van der Waals surface area contributed by atoms with Crippen LogP contribution in [0.25, 0.3) is 0 Å². The molecule has 0 aliphatic rings. The molecule has 2 aromatic carbocycles. The van der Waals surface area contributed by atoms with Crippen LogP contribution in [0.4, 0.5) is 4.39 Å². The molecule has 0 fully saturated rings. The van der Waals surface area contributed by atoms with Crippen LogP contribution in [0, 0.1) is 5.82 Å². The highest BCUT2D eigenvalue weighted by atomic mass is 35.5. The lowest BCUT2D eigenvalue weighted by atomic mass is 9.92. The maximum atomic E-state index is 13.2. The number of phenols is 1. The molecule has 0 saturated carbocycles. The summed E-state index contributed by atoms with van der Waals surface area (Å²) in [6.45, 7) is 0. The normalized spacial score (nSPS) is 10.5. The highest BCUT2D eigenvalue weighted by molar-refractivity contribution is 6.34. The van der Waals surface area contributed by atoms with Gasteiger partial charge in [0.1, 0.15) is 7.85 Å². The van der Waals surface area contributed by atoms with E-state index in [9.17, 15) is 4.39 Å². The van der Waals surface area contributed by atoms with Crippen LogP contribution in [0.1, 0.15) is 11.1 Å². The molecule has 2 rings (SSSR count). The van der Waals surface area contributed by atoms with Gasteiger partial charge in [-0.05, 0) is 35.7 Å². The van der Waals surface area contributed by atoms with Crippen molar-refractivity contribution in [3.05, 3.63) is 58.4 Å². The molecule has 0 aliphatic carbocycles. The Morgan fingerprint density at radius 3 is 2.65 bits per heavy atom. The zero-order chi connectivity index (χ0) is 12.4. The van der Waals surface area contributed by atoms with Gasteiger partial charge in [0.2, 0.25) is 0 Å². The molecule has 0 saturated heterocycles. The Balaban J connectivity index is 2.31. The van der Waals surface area contributed by atoms with Gasteiger partial charge in [0, 0.05) is 5.02 Å². The molecule has 2 radical (unpaired) electrons. The second kappa shape index (κ2) is 4.80. The fraction of sp³-hybridized carbons (Fsp3) is 0.0769. The van der Waals surface area contributed by atoms with Crippen molar-refractivity contribution in [2.24, 2.45) is 0 Å². The Hall–Kier alpha value is -1.48. The molecule has 4 heteroatoms. The van der Waals surface area contributed by atoms with Gasteiger partial charge in [0.25, 0.3) is 0 Å². The SMILES string of the molecule is [B]c1ccc(Cl)c(Cc2ccc(O)c(F)c2)c1. The smallest absolute Gasteiger partial charge is 0.165 e. The van der Waals surface area contributed by atoms with E-state index in [2.05, 4.69) is 0 Å². The Labute approximate surface area is 105 Å². The number of halogens is 2. The first-order valence-electron chi connectivity index (χ1n) is 5.07. The van der Waals surface area contributed by atoms with Crippen LogP contribution in [-0.4, -0.2) is 13.0 Å². The van der Waals surface area contributed by atoms with Crippen molar-refractivity contribution in [2.45, 2.75) is 6.42 Å². The number of aromatic hydroxyl groups is 1. The fourth-order valence-corrected chi connectivity index (χ4v) is 1.79. The molecule has 2 aromatic rings. The van der Waals surface area contributed by atoms with Gasteiger partial charge < -0.3 is 5.11 Å². The summed E-state index contributed by atoms with van der Waals surface area (Å²) in [7, 11) is 5.66. The van der Waals surface area contributed by atoms with Crippen molar-refractivity contribution < 1.29 is 9.50 Å². The van der Waals surface area contributed by atoms with E-state index in [1.54, 1.807) is 24.3 Å². The van der Waals surface area contributed by atoms with Gasteiger partial charge in [-0.2, -0.15) is 0 Å². The maximum absolute atomic E-state index is 13.2. The van der Waals surface area contributed by atoms with Crippen LogP contribution in [0.5, 0.6) is 5.75 Å². The largest absolute Gasteiger partial charge is 0.505 e. The number of benzene rings is 2. The Morgan fingerprint density at radius 2 is 1.94 bits per heavy atom. The molecular weight excluding hydrogens is 237 g/mol. The van der Waals surface area contributed by atoms with E-state index < -0.39 is 5.82 Å². The number of phenolic OH excluding ortho intramolecular Hbond substituents is 1. The second-order valence-corrected chi connectivity index (χ2v) is 4.22. The minimum absolute atomic E-state index is 0.354. The maximum Gasteiger partial charge on any atom is 0.165 e. The summed E-state index contributed by atoms with van der Waals surface area (Å²) >= 11 is 6.02. The molecule has 0 atom stereocenters. The van der Waals surface area contributed by atoms with Crippen LogP contribution in [0.15, 0.2) is 36.4 Å². The topological polar surface area (TPSA) is 20.2 Å². The Kier molecular flexibility index (Phi) is 3.39. The minimum Gasteiger partial charge on any atom is -0.505 e. The first-order chi connectivity index (χ1) is 8.06. The van der Waals surface area contributed by atoms with Crippen molar-refractivity contribution in [1.29, 1.82) is 0 Å². The van der Waals surface area contributed by atoms with Crippen molar-refractivity contribution in [1.82, 2.24) is 0 Å². The van der Waals surface area contributed by atoms with Crippen molar-refractivity contribution in [2.75, 3.05) is 0 Å². The predicted octanol–water partition coefficient (Wildman–Crippen LogP) is 2.57. The Morgan fingerprint density at radius 1 is 1.18 bits per heavy atom. The molecule has 0 amide bonds. The number of rotatable bonds is 2. The van der Waals surface area contributed by atoms with E-state index in [1.807, 2.05) is 0 Å². The highest BCUT2D eigenvalue weighted by Gasteiger charge is 2.05. The van der Waals surface area contributed by atoms with Crippen molar-refractivity contribution in [3.8, 4) is 5.75 Å². The van der Waals surface area contributed by atoms with E-state index in [4.69, 9.17) is 24.6 Å². The van der Waals surface area contributed by atoms with E-state index in [-0.39, 0.29) is 5.75 Å². The molecule has 1 N–H and O–H groups in total. The van der Waals surface area contributed by atoms with Crippen LogP contribution < -0.4 is 5.46 Å². The molecule has 0 bridgehead atoms. The van der Waals surface area contributed by atoms with Gasteiger partial charge in [-0.3, -0.25) is 0 Å². The van der Waals surface area contributed by atoms with E-state index in [0.29, 0.717) is 16.9 Å². The lowest BCUT2D eigenvalue weighted by molar-refractivity contribution is 0.432. The van der Waals surface area contributed by atoms with E-state index in [0.717, 1.165) is 11.1 Å². The Bertz CT molecular complexity index is 557. The molecule has 0 unspecified atom stereocenters. The van der Waals surface area contributed by atoms with Gasteiger partial charge in [-0.15, -0.1) is 0 Å². The van der Waals surface area contributed by atoms with E-state index >= 15 is 0 Å². The van der Waals surface area contributed by atoms with Gasteiger partial charge in [-0.1, -0.05) is 35.3 Å². The third kappa shape index (κ3) is 2.80. The summed E-state index contributed by atoms with van der Waals surface area (Å²) in [4.78, 5) is 0. The first-order valence-corrected chi connectivity index (χ1v) is 5.45. The molecule has 0 heterocycles. The van der Waals surface area contributed by atoms with Crippen LogP contribution in [-0.2, 0) is 6.42 Å². The molecular formula is C13H9BClFO. The molecule has 0 aromatic heterocycles. The molecule has 84 valence electrons. The lowest BCUT2D eigenvalue weighted by Gasteiger charge is -2.06. The molecule has 0 spiro atoms. The summed E-state index contributed by atoms with van der Waals surface area (Å²) in [5.74, 6) is -0.991. The molecule has 0 aliphatic heterocycles. The van der Waals surface area contributed by atoms with Gasteiger partial charge in [-0.25, -0.2) is 4.39 Å². The van der Waals surface area contributed by atoms with E-state index in [1.165, 1.54) is 12.1 Å². The average molecular weight is 246 g/mol. The molecule has 1 nitrogen and oxygen atoms in total. The zero-order valence-electron chi connectivity index (χ0n) is 8.95. The van der Waals surface area contributed by atoms with Crippen molar-refractivity contribution in [3.63, 3.8) is 0 Å². The fourth-order valence-electron chi connectivity index (χ4n) is 1.61. The minimum atomic E-state index is -0.637. The predicted molar refractivity (Wildman–Crippen MR) is 67.7 cm³/mol. The summed E-state index contributed by atoms with van der Waals surface area (Å²) < 4.78 is 13.2. The standard InChI is InChI=1S/C13H9BClFO/c14-10-2-3-11(15)9(7-10)5-8-1-4-13(17)12(16)6-8/h1-4,6-7,17H,5H2. The molecule has 17 heavy (non-hydrogen) atoms. The summed E-state index contributed by atoms with van der Waals surface area (Å²) in [6.07, 6.45) is 0.473. The monoisotopic (exact) mass is 246 g/mol. The van der Waals surface area contributed by atoms with Crippen molar-refractivity contribution >= 4 is 24.9 Å². The zero-order valence-corrected chi connectivity index (χ0v) is 9.71. The number of hydrogen-bond acceptors (Lipinski definition) is 1. The average Bonchev–Trinajstić information content (AvgIpc) is 2.29. The van der Waals surface area contributed by atoms with Crippen LogP contribution in [0.3, 0.4) is 0 Å². The third-order valence-corrected chi connectivity index (χ3v) is 2.85. The first kappa shape index (κ1) is 12.0. The quantitative estimate of drug-likeness (QED) is 0.808.